The molecule has 10 heteroatoms. The van der Waals surface area contributed by atoms with Crippen LogP contribution in [-0.4, -0.2) is 54.3 Å². The fourth-order valence-corrected chi connectivity index (χ4v) is 4.16. The van der Waals surface area contributed by atoms with Crippen molar-refractivity contribution < 1.29 is 28.2 Å². The number of nitrogens with zero attached hydrogens (tertiary/aromatic N) is 3. The van der Waals surface area contributed by atoms with Gasteiger partial charge < -0.3 is 24.8 Å². The van der Waals surface area contributed by atoms with Crippen LogP contribution in [0.3, 0.4) is 0 Å². The van der Waals surface area contributed by atoms with E-state index in [0.717, 1.165) is 6.07 Å². The number of rotatable bonds is 6. The molecule has 1 atom stereocenters. The summed E-state index contributed by atoms with van der Waals surface area (Å²) in [7, 11) is 1.32. The molecule has 1 amide bonds. The number of benzene rings is 2. The van der Waals surface area contributed by atoms with Gasteiger partial charge in [-0.25, -0.2) is 18.7 Å². The number of nitrogens with one attached hydrogen (secondary N) is 1. The van der Waals surface area contributed by atoms with E-state index >= 15 is 4.39 Å². The lowest BCUT2D eigenvalue weighted by Crippen LogP contribution is -2.44. The predicted octanol–water partition coefficient (Wildman–Crippen LogP) is 3.01. The summed E-state index contributed by atoms with van der Waals surface area (Å²) in [6, 6.07) is 3.56. The molecule has 2 N–H and O–H groups in total. The Kier molecular flexibility index (Phi) is 5.93. The SMILES string of the molecule is CCN1c2ncnc3c(F)c(-c4c(O)cccc4F)c(OC)c(c23)OCCC1CNC=O. The Hall–Kier alpha value is -3.69. The number of carbonyl (C=O) groups is 1. The van der Waals surface area contributed by atoms with Crippen LogP contribution in [0.25, 0.3) is 22.0 Å². The van der Waals surface area contributed by atoms with Crippen LogP contribution >= 0.6 is 0 Å². The Bertz CT molecular complexity index is 1150. The van der Waals surface area contributed by atoms with E-state index in [2.05, 4.69) is 15.3 Å². The Labute approximate surface area is 182 Å². The van der Waals surface area contributed by atoms with E-state index in [1.807, 2.05) is 11.8 Å². The van der Waals surface area contributed by atoms with Crippen molar-refractivity contribution >= 4 is 23.1 Å². The van der Waals surface area contributed by atoms with Crippen molar-refractivity contribution in [2.24, 2.45) is 0 Å². The quantitative estimate of drug-likeness (QED) is 0.564. The first-order chi connectivity index (χ1) is 15.5. The number of ether oxygens (including phenoxy) is 2. The fraction of sp³-hybridized carbons (Fsp3) is 0.318. The minimum absolute atomic E-state index is 0.0630. The fourth-order valence-electron chi connectivity index (χ4n) is 4.16. The molecule has 0 bridgehead atoms. The van der Waals surface area contributed by atoms with E-state index in [9.17, 15) is 14.3 Å². The van der Waals surface area contributed by atoms with Crippen LogP contribution in [0.5, 0.6) is 17.2 Å². The zero-order chi connectivity index (χ0) is 22.8. The van der Waals surface area contributed by atoms with Gasteiger partial charge in [0.1, 0.15) is 29.2 Å². The van der Waals surface area contributed by atoms with Crippen LogP contribution in [0.15, 0.2) is 24.5 Å². The molecular formula is C22H22F2N4O4. The van der Waals surface area contributed by atoms with Gasteiger partial charge in [-0.1, -0.05) is 6.07 Å². The van der Waals surface area contributed by atoms with Crippen molar-refractivity contribution in [1.82, 2.24) is 15.3 Å². The smallest absolute Gasteiger partial charge is 0.207 e. The molecule has 4 rings (SSSR count). The second-order valence-corrected chi connectivity index (χ2v) is 7.21. The molecule has 3 aromatic rings. The van der Waals surface area contributed by atoms with Crippen molar-refractivity contribution in [3.8, 4) is 28.4 Å². The minimum atomic E-state index is -0.868. The van der Waals surface area contributed by atoms with Crippen LogP contribution in [0.2, 0.25) is 0 Å². The van der Waals surface area contributed by atoms with Crippen molar-refractivity contribution in [3.63, 3.8) is 0 Å². The number of likely N-dealkylation sites (N-methyl/N-ethyl adjacent to an activating group) is 1. The average Bonchev–Trinajstić information content (AvgIpc) is 2.78. The predicted molar refractivity (Wildman–Crippen MR) is 114 cm³/mol. The summed E-state index contributed by atoms with van der Waals surface area (Å²) in [6.45, 7) is 3.01. The third-order valence-corrected chi connectivity index (χ3v) is 5.55. The molecule has 168 valence electrons. The Morgan fingerprint density at radius 2 is 2.16 bits per heavy atom. The highest BCUT2D eigenvalue weighted by Gasteiger charge is 2.33. The maximum Gasteiger partial charge on any atom is 0.207 e. The van der Waals surface area contributed by atoms with Crippen LogP contribution in [0.1, 0.15) is 13.3 Å². The maximum atomic E-state index is 15.9. The molecule has 0 aliphatic carbocycles. The molecule has 1 unspecified atom stereocenters. The second kappa shape index (κ2) is 8.81. The molecular weight excluding hydrogens is 422 g/mol. The molecule has 0 fully saturated rings. The van der Waals surface area contributed by atoms with Gasteiger partial charge in [-0.3, -0.25) is 4.79 Å². The zero-order valence-electron chi connectivity index (χ0n) is 17.6. The van der Waals surface area contributed by atoms with Gasteiger partial charge in [0.05, 0.1) is 36.3 Å². The Morgan fingerprint density at radius 1 is 1.34 bits per heavy atom. The van der Waals surface area contributed by atoms with Crippen LogP contribution < -0.4 is 19.7 Å². The van der Waals surface area contributed by atoms with E-state index in [-0.39, 0.29) is 46.2 Å². The second-order valence-electron chi connectivity index (χ2n) is 7.21. The number of methoxy groups -OCH3 is 1. The summed E-state index contributed by atoms with van der Waals surface area (Å²) in [5.74, 6) is -1.61. The van der Waals surface area contributed by atoms with Crippen molar-refractivity contribution in [1.29, 1.82) is 0 Å². The molecule has 0 spiro atoms. The third kappa shape index (κ3) is 3.41. The Morgan fingerprint density at radius 3 is 2.84 bits per heavy atom. The first kappa shape index (κ1) is 21.5. The number of phenols is 1. The highest BCUT2D eigenvalue weighted by molar-refractivity contribution is 6.02. The standard InChI is InChI=1S/C22H22F2N4O4/c1-3-28-12(9-25-11-29)7-8-32-21-17-19(26-10-27-22(17)28)18(24)16(20(21)31-2)15-13(23)5-4-6-14(15)30/h4-6,10-12,30H,3,7-9H2,1-2H3,(H,25,29). The average molecular weight is 444 g/mol. The Balaban J connectivity index is 2.06. The molecule has 1 aromatic heterocycles. The lowest BCUT2D eigenvalue weighted by atomic mass is 9.98. The molecule has 2 heterocycles. The number of phenolic OH excluding ortho intramolecular Hbond substituents is 1. The highest BCUT2D eigenvalue weighted by atomic mass is 19.1. The largest absolute Gasteiger partial charge is 0.507 e. The van der Waals surface area contributed by atoms with Crippen molar-refractivity contribution in [2.45, 2.75) is 19.4 Å². The third-order valence-electron chi connectivity index (χ3n) is 5.55. The number of anilines is 1. The van der Waals surface area contributed by atoms with Crippen LogP contribution in [0, 0.1) is 11.6 Å². The van der Waals surface area contributed by atoms with Crippen LogP contribution in [0.4, 0.5) is 14.6 Å². The summed E-state index contributed by atoms with van der Waals surface area (Å²) in [6.07, 6.45) is 2.36. The van der Waals surface area contributed by atoms with Gasteiger partial charge >= 0.3 is 0 Å². The van der Waals surface area contributed by atoms with Gasteiger partial charge in [-0.05, 0) is 19.1 Å². The van der Waals surface area contributed by atoms with E-state index in [0.29, 0.717) is 31.7 Å². The normalized spacial score (nSPS) is 15.6. The van der Waals surface area contributed by atoms with Gasteiger partial charge in [-0.15, -0.1) is 0 Å². The summed E-state index contributed by atoms with van der Waals surface area (Å²) in [5, 5.41) is 13.3. The summed E-state index contributed by atoms with van der Waals surface area (Å²) in [4.78, 5) is 21.3. The molecule has 32 heavy (non-hydrogen) atoms. The topological polar surface area (TPSA) is 96.8 Å². The molecule has 1 aliphatic rings. The maximum absolute atomic E-state index is 15.9. The van der Waals surface area contributed by atoms with E-state index < -0.39 is 17.4 Å². The first-order valence-corrected chi connectivity index (χ1v) is 10.1. The number of hydrogen-bond acceptors (Lipinski definition) is 7. The molecule has 0 saturated carbocycles. The lowest BCUT2D eigenvalue weighted by molar-refractivity contribution is -0.109. The monoisotopic (exact) mass is 444 g/mol. The number of halogens is 2. The number of amides is 1. The van der Waals surface area contributed by atoms with Gasteiger partial charge in [0, 0.05) is 19.5 Å². The summed E-state index contributed by atoms with van der Waals surface area (Å²) in [5.41, 5.74) is -0.713. The molecule has 2 aromatic carbocycles. The summed E-state index contributed by atoms with van der Waals surface area (Å²) < 4.78 is 42.1. The highest BCUT2D eigenvalue weighted by Crippen LogP contribution is 2.50. The molecule has 0 radical (unpaired) electrons. The number of aromatic hydroxyl groups is 1. The molecule has 8 nitrogen and oxygen atoms in total. The van der Waals surface area contributed by atoms with Gasteiger partial charge in [0.15, 0.2) is 17.3 Å². The van der Waals surface area contributed by atoms with E-state index in [1.54, 1.807) is 0 Å². The molecule has 0 saturated heterocycles. The number of aromatic nitrogens is 2. The molecule has 1 aliphatic heterocycles. The van der Waals surface area contributed by atoms with Crippen LogP contribution in [-0.2, 0) is 4.79 Å². The van der Waals surface area contributed by atoms with Crippen molar-refractivity contribution in [3.05, 3.63) is 36.2 Å². The summed E-state index contributed by atoms with van der Waals surface area (Å²) >= 11 is 0. The van der Waals surface area contributed by atoms with E-state index in [4.69, 9.17) is 9.47 Å². The van der Waals surface area contributed by atoms with Gasteiger partial charge in [0.2, 0.25) is 6.41 Å². The number of carbonyl (C=O) groups excluding carboxylic acids is 1. The lowest BCUT2D eigenvalue weighted by Gasteiger charge is -2.35. The minimum Gasteiger partial charge on any atom is -0.507 e. The zero-order valence-corrected chi connectivity index (χ0v) is 17.6. The van der Waals surface area contributed by atoms with Gasteiger partial charge in [0.25, 0.3) is 0 Å². The van der Waals surface area contributed by atoms with Crippen molar-refractivity contribution in [2.75, 3.05) is 31.7 Å². The van der Waals surface area contributed by atoms with E-state index in [1.165, 1.54) is 25.6 Å². The first-order valence-electron chi connectivity index (χ1n) is 10.1. The van der Waals surface area contributed by atoms with Gasteiger partial charge in [-0.2, -0.15) is 0 Å². The number of hydrogen-bond donors (Lipinski definition) is 2.